The third-order valence-electron chi connectivity index (χ3n) is 5.06. The summed E-state index contributed by atoms with van der Waals surface area (Å²) in [6.45, 7) is 9.53. The highest BCUT2D eigenvalue weighted by Crippen LogP contribution is 2.19. The predicted octanol–water partition coefficient (Wildman–Crippen LogP) is 5.84. The van der Waals surface area contributed by atoms with Gasteiger partial charge < -0.3 is 9.88 Å². The van der Waals surface area contributed by atoms with Crippen molar-refractivity contribution in [1.82, 2.24) is 14.9 Å². The van der Waals surface area contributed by atoms with Gasteiger partial charge in [0.05, 0.1) is 17.6 Å². The quantitative estimate of drug-likeness (QED) is 0.504. The number of nitrogens with zero attached hydrogens (tertiary/aromatic N) is 2. The topological polar surface area (TPSA) is 46.9 Å². The number of carbonyl (C=O) groups is 1. The van der Waals surface area contributed by atoms with Gasteiger partial charge in [-0.2, -0.15) is 0 Å². The Morgan fingerprint density at radius 2 is 1.63 bits per heavy atom. The molecule has 0 radical (unpaired) electrons. The lowest BCUT2D eigenvalue weighted by molar-refractivity contribution is -0.128. The zero-order valence-electron chi connectivity index (χ0n) is 17.7. The molecule has 1 amide bonds. The molecule has 0 aliphatic heterocycles. The zero-order chi connectivity index (χ0) is 19.7. The molecule has 4 heteroatoms. The number of fused-ring (bicyclic) bond motifs is 1. The molecule has 1 heterocycles. The van der Waals surface area contributed by atoms with Crippen molar-refractivity contribution in [2.24, 2.45) is 5.41 Å². The Hall–Kier alpha value is -1.84. The molecular formula is C23H37N3O. The normalized spacial score (nSPS) is 11.9. The van der Waals surface area contributed by atoms with Crippen LogP contribution in [-0.2, 0) is 17.9 Å². The highest BCUT2D eigenvalue weighted by atomic mass is 16.2. The Labute approximate surface area is 164 Å². The molecule has 27 heavy (non-hydrogen) atoms. The van der Waals surface area contributed by atoms with Gasteiger partial charge in [-0.3, -0.25) is 4.79 Å². The molecule has 2 aromatic rings. The minimum Gasteiger partial charge on any atom is -0.348 e. The van der Waals surface area contributed by atoms with Crippen molar-refractivity contribution in [1.29, 1.82) is 0 Å². The molecule has 0 saturated carbocycles. The molecule has 1 N–H and O–H groups in total. The van der Waals surface area contributed by atoms with Gasteiger partial charge in [-0.1, -0.05) is 84.8 Å². The number of imidazole rings is 1. The Morgan fingerprint density at radius 3 is 2.30 bits per heavy atom. The molecule has 0 aliphatic rings. The van der Waals surface area contributed by atoms with Crippen LogP contribution in [0.5, 0.6) is 0 Å². The van der Waals surface area contributed by atoms with Crippen molar-refractivity contribution >= 4 is 16.9 Å². The number of hydrogen-bond donors (Lipinski definition) is 1. The molecule has 4 nitrogen and oxygen atoms in total. The number of nitrogens with one attached hydrogen (secondary N) is 1. The van der Waals surface area contributed by atoms with Crippen molar-refractivity contribution < 1.29 is 4.79 Å². The first kappa shape index (κ1) is 21.5. The summed E-state index contributed by atoms with van der Waals surface area (Å²) in [4.78, 5) is 17.0. The van der Waals surface area contributed by atoms with Crippen LogP contribution in [0.25, 0.3) is 11.0 Å². The number of unbranched alkanes of at least 4 members (excludes halogenated alkanes) is 7. The van der Waals surface area contributed by atoms with Gasteiger partial charge in [0.25, 0.3) is 0 Å². The van der Waals surface area contributed by atoms with E-state index in [1.165, 1.54) is 50.5 Å². The van der Waals surface area contributed by atoms with E-state index in [9.17, 15) is 4.79 Å². The fourth-order valence-corrected chi connectivity index (χ4v) is 3.34. The smallest absolute Gasteiger partial charge is 0.225 e. The molecule has 0 atom stereocenters. The number of aryl methyl sites for hydroxylation is 1. The van der Waals surface area contributed by atoms with Crippen LogP contribution in [0.1, 0.15) is 84.9 Å². The number of hydrogen-bond acceptors (Lipinski definition) is 2. The molecule has 0 spiro atoms. The first-order chi connectivity index (χ1) is 12.9. The van der Waals surface area contributed by atoms with Crippen LogP contribution in [0, 0.1) is 5.41 Å². The Kier molecular flexibility index (Phi) is 8.33. The Morgan fingerprint density at radius 1 is 1.00 bits per heavy atom. The average Bonchev–Trinajstić information content (AvgIpc) is 2.98. The van der Waals surface area contributed by atoms with E-state index in [1.807, 2.05) is 26.8 Å². The molecule has 1 aromatic heterocycles. The van der Waals surface area contributed by atoms with E-state index in [2.05, 4.69) is 35.0 Å². The largest absolute Gasteiger partial charge is 0.348 e. The van der Waals surface area contributed by atoms with Gasteiger partial charge >= 0.3 is 0 Å². The Bertz CT molecular complexity index is 712. The average molecular weight is 372 g/mol. The number of amides is 1. The lowest BCUT2D eigenvalue weighted by Crippen LogP contribution is -2.35. The van der Waals surface area contributed by atoms with Crippen LogP contribution >= 0.6 is 0 Å². The number of rotatable bonds is 11. The number of benzene rings is 1. The zero-order valence-corrected chi connectivity index (χ0v) is 17.7. The minimum atomic E-state index is -0.380. The molecule has 0 saturated heterocycles. The second-order valence-corrected chi connectivity index (χ2v) is 8.58. The van der Waals surface area contributed by atoms with E-state index in [0.29, 0.717) is 6.54 Å². The van der Waals surface area contributed by atoms with Crippen molar-refractivity contribution in [2.45, 2.75) is 92.2 Å². The third-order valence-corrected chi connectivity index (χ3v) is 5.06. The standard InChI is InChI=1S/C23H37N3O/c1-5-6-7-8-9-10-11-14-17-26-20-16-13-12-15-19(20)25-21(26)18-24-22(27)23(2,3)4/h12-13,15-16H,5-11,14,17-18H2,1-4H3,(H,24,27). The van der Waals surface area contributed by atoms with Crippen molar-refractivity contribution in [3.63, 3.8) is 0 Å². The molecule has 2 rings (SSSR count). The molecule has 1 aromatic carbocycles. The second-order valence-electron chi connectivity index (χ2n) is 8.58. The fourth-order valence-electron chi connectivity index (χ4n) is 3.34. The predicted molar refractivity (Wildman–Crippen MR) is 114 cm³/mol. The summed E-state index contributed by atoms with van der Waals surface area (Å²) in [5.74, 6) is 1.02. The molecule has 150 valence electrons. The molecule has 0 unspecified atom stereocenters. The van der Waals surface area contributed by atoms with E-state index >= 15 is 0 Å². The number of carbonyl (C=O) groups excluding carboxylic acids is 1. The Balaban J connectivity index is 1.92. The van der Waals surface area contributed by atoms with E-state index in [-0.39, 0.29) is 11.3 Å². The van der Waals surface area contributed by atoms with Crippen molar-refractivity contribution in [3.05, 3.63) is 30.1 Å². The monoisotopic (exact) mass is 371 g/mol. The van der Waals surface area contributed by atoms with Gasteiger partial charge in [-0.05, 0) is 18.6 Å². The van der Waals surface area contributed by atoms with Crippen molar-refractivity contribution in [3.8, 4) is 0 Å². The van der Waals surface area contributed by atoms with Crippen LogP contribution in [-0.4, -0.2) is 15.5 Å². The van der Waals surface area contributed by atoms with Crippen LogP contribution in [0.4, 0.5) is 0 Å². The minimum absolute atomic E-state index is 0.0631. The van der Waals surface area contributed by atoms with E-state index in [0.717, 1.165) is 24.3 Å². The third kappa shape index (κ3) is 6.67. The van der Waals surface area contributed by atoms with Crippen LogP contribution in [0.15, 0.2) is 24.3 Å². The van der Waals surface area contributed by atoms with Gasteiger partial charge in [-0.15, -0.1) is 0 Å². The van der Waals surface area contributed by atoms with Gasteiger partial charge in [0.15, 0.2) is 0 Å². The molecule has 0 aliphatic carbocycles. The lowest BCUT2D eigenvalue weighted by atomic mass is 9.96. The maximum absolute atomic E-state index is 12.2. The fraction of sp³-hybridized carbons (Fsp3) is 0.652. The summed E-state index contributed by atoms with van der Waals surface area (Å²) in [5, 5.41) is 3.05. The summed E-state index contributed by atoms with van der Waals surface area (Å²) < 4.78 is 2.29. The molecule has 0 bridgehead atoms. The SMILES string of the molecule is CCCCCCCCCCn1c(CNC(=O)C(C)(C)C)nc2ccccc21. The second kappa shape index (κ2) is 10.5. The summed E-state index contributed by atoms with van der Waals surface area (Å²) >= 11 is 0. The first-order valence-corrected chi connectivity index (χ1v) is 10.7. The molecule has 0 fully saturated rings. The number of aromatic nitrogens is 2. The summed E-state index contributed by atoms with van der Waals surface area (Å²) in [5.41, 5.74) is 1.80. The van der Waals surface area contributed by atoms with E-state index < -0.39 is 0 Å². The van der Waals surface area contributed by atoms with Gasteiger partial charge in [0.2, 0.25) is 5.91 Å². The summed E-state index contributed by atoms with van der Waals surface area (Å²) in [6, 6.07) is 8.26. The van der Waals surface area contributed by atoms with E-state index in [4.69, 9.17) is 4.98 Å². The van der Waals surface area contributed by atoms with Crippen LogP contribution < -0.4 is 5.32 Å². The van der Waals surface area contributed by atoms with Crippen LogP contribution in [0.3, 0.4) is 0 Å². The maximum atomic E-state index is 12.2. The lowest BCUT2D eigenvalue weighted by Gasteiger charge is -2.18. The van der Waals surface area contributed by atoms with Gasteiger partial charge in [0, 0.05) is 12.0 Å². The highest BCUT2D eigenvalue weighted by Gasteiger charge is 2.21. The summed E-state index contributed by atoms with van der Waals surface area (Å²) in [6.07, 6.45) is 10.5. The summed E-state index contributed by atoms with van der Waals surface area (Å²) in [7, 11) is 0. The number of para-hydroxylation sites is 2. The van der Waals surface area contributed by atoms with E-state index in [1.54, 1.807) is 0 Å². The van der Waals surface area contributed by atoms with Crippen LogP contribution in [0.2, 0.25) is 0 Å². The maximum Gasteiger partial charge on any atom is 0.225 e. The van der Waals surface area contributed by atoms with Crippen molar-refractivity contribution in [2.75, 3.05) is 0 Å². The first-order valence-electron chi connectivity index (χ1n) is 10.7. The van der Waals surface area contributed by atoms with Gasteiger partial charge in [0.1, 0.15) is 5.82 Å². The van der Waals surface area contributed by atoms with Gasteiger partial charge in [-0.25, -0.2) is 4.98 Å². The molecular weight excluding hydrogens is 334 g/mol. The highest BCUT2D eigenvalue weighted by molar-refractivity contribution is 5.81.